The largest absolute Gasteiger partial charge is 0.378 e. The molecule has 0 atom stereocenters. The molecule has 0 fully saturated rings. The Balaban J connectivity index is 2.06. The Bertz CT molecular complexity index is 1040. The van der Waals surface area contributed by atoms with E-state index in [9.17, 15) is 8.42 Å². The van der Waals surface area contributed by atoms with Gasteiger partial charge in [-0.15, -0.1) is 0 Å². The van der Waals surface area contributed by atoms with Crippen molar-refractivity contribution in [1.82, 2.24) is 15.1 Å². The highest BCUT2D eigenvalue weighted by Gasteiger charge is 2.18. The first-order valence-corrected chi connectivity index (χ1v) is 9.99. The molecule has 3 aromatic rings. The van der Waals surface area contributed by atoms with Gasteiger partial charge >= 0.3 is 0 Å². The van der Waals surface area contributed by atoms with Gasteiger partial charge in [0.2, 0.25) is 5.82 Å². The molecule has 0 aliphatic heterocycles. The summed E-state index contributed by atoms with van der Waals surface area (Å²) in [5.41, 5.74) is 3.11. The minimum absolute atomic E-state index is 0.220. The van der Waals surface area contributed by atoms with Crippen molar-refractivity contribution < 1.29 is 12.9 Å². The topological polar surface area (TPSA) is 89.2 Å². The third kappa shape index (κ3) is 3.60. The lowest BCUT2D eigenvalue weighted by atomic mass is 10.1. The van der Waals surface area contributed by atoms with Gasteiger partial charge in [0.15, 0.2) is 9.84 Å². The maximum atomic E-state index is 11.9. The number of nitrogens with zero attached hydrogens (tertiary/aromatic N) is 4. The molecule has 0 radical (unpaired) electrons. The molecule has 2 heterocycles. The van der Waals surface area contributed by atoms with Crippen LogP contribution in [-0.2, 0) is 16.3 Å². The number of anilines is 1. The molecule has 0 saturated carbocycles. The van der Waals surface area contributed by atoms with Crippen LogP contribution in [0.3, 0.4) is 0 Å². The molecular formula is C18H20N4O3S. The summed E-state index contributed by atoms with van der Waals surface area (Å²) in [4.78, 5) is 10.9. The predicted octanol–water partition coefficient (Wildman–Crippen LogP) is 2.83. The maximum Gasteiger partial charge on any atom is 0.258 e. The summed E-state index contributed by atoms with van der Waals surface area (Å²) in [6.07, 6.45) is 3.57. The zero-order valence-electron chi connectivity index (χ0n) is 15.1. The van der Waals surface area contributed by atoms with E-state index in [1.807, 2.05) is 38.1 Å². The van der Waals surface area contributed by atoms with Crippen LogP contribution < -0.4 is 4.90 Å². The summed E-state index contributed by atoms with van der Waals surface area (Å²) in [7, 11) is 0.544. The van der Waals surface area contributed by atoms with Gasteiger partial charge < -0.3 is 9.42 Å². The summed E-state index contributed by atoms with van der Waals surface area (Å²) < 4.78 is 29.1. The fourth-order valence-electron chi connectivity index (χ4n) is 2.55. The zero-order chi connectivity index (χ0) is 18.9. The van der Waals surface area contributed by atoms with Crippen LogP contribution in [0.15, 0.2) is 45.9 Å². The molecule has 0 aliphatic rings. The molecule has 7 nitrogen and oxygen atoms in total. The first-order chi connectivity index (χ1) is 12.3. The summed E-state index contributed by atoms with van der Waals surface area (Å²) >= 11 is 0. The van der Waals surface area contributed by atoms with Crippen LogP contribution >= 0.6 is 0 Å². The smallest absolute Gasteiger partial charge is 0.258 e. The molecule has 0 unspecified atom stereocenters. The number of hydrogen-bond acceptors (Lipinski definition) is 7. The Morgan fingerprint density at radius 2 is 1.92 bits per heavy atom. The Kier molecular flexibility index (Phi) is 4.78. The summed E-state index contributed by atoms with van der Waals surface area (Å²) in [6.45, 7) is 1.98. The highest BCUT2D eigenvalue weighted by molar-refractivity contribution is 7.90. The monoisotopic (exact) mass is 372 g/mol. The van der Waals surface area contributed by atoms with Crippen LogP contribution in [0.1, 0.15) is 12.5 Å². The first kappa shape index (κ1) is 18.1. The summed E-state index contributed by atoms with van der Waals surface area (Å²) in [5.74, 6) is 0.634. The van der Waals surface area contributed by atoms with Crippen molar-refractivity contribution >= 4 is 15.5 Å². The lowest BCUT2D eigenvalue weighted by molar-refractivity contribution is 0.431. The Hall–Kier alpha value is -2.74. The highest BCUT2D eigenvalue weighted by Crippen LogP contribution is 2.28. The van der Waals surface area contributed by atoms with Gasteiger partial charge in [0.1, 0.15) is 5.69 Å². The van der Waals surface area contributed by atoms with Crippen LogP contribution in [0.5, 0.6) is 0 Å². The van der Waals surface area contributed by atoms with E-state index in [1.54, 1.807) is 24.4 Å². The third-order valence-electron chi connectivity index (χ3n) is 4.04. The van der Waals surface area contributed by atoms with Crippen molar-refractivity contribution in [3.63, 3.8) is 0 Å². The van der Waals surface area contributed by atoms with Crippen molar-refractivity contribution in [2.45, 2.75) is 18.2 Å². The van der Waals surface area contributed by atoms with E-state index in [0.717, 1.165) is 11.3 Å². The molecule has 0 aliphatic carbocycles. The van der Waals surface area contributed by atoms with Gasteiger partial charge in [-0.1, -0.05) is 18.1 Å². The molecule has 1 aromatic carbocycles. The van der Waals surface area contributed by atoms with E-state index in [0.29, 0.717) is 23.5 Å². The van der Waals surface area contributed by atoms with Crippen LogP contribution in [-0.4, -0.2) is 43.9 Å². The van der Waals surface area contributed by atoms with Gasteiger partial charge in [-0.25, -0.2) is 8.42 Å². The highest BCUT2D eigenvalue weighted by atomic mass is 32.2. The summed E-state index contributed by atoms with van der Waals surface area (Å²) in [6, 6.07) is 8.70. The Morgan fingerprint density at radius 1 is 1.15 bits per heavy atom. The SMILES string of the molecule is CCc1ccc(S(C)(=O)=O)cc1-c1nc(-c2cc(N(C)C)ccn2)no1. The van der Waals surface area contributed by atoms with Crippen molar-refractivity contribution in [1.29, 1.82) is 0 Å². The van der Waals surface area contributed by atoms with E-state index in [-0.39, 0.29) is 10.8 Å². The van der Waals surface area contributed by atoms with Crippen molar-refractivity contribution in [2.75, 3.05) is 25.3 Å². The van der Waals surface area contributed by atoms with E-state index < -0.39 is 9.84 Å². The van der Waals surface area contributed by atoms with Gasteiger partial charge in [0, 0.05) is 37.8 Å². The van der Waals surface area contributed by atoms with Gasteiger partial charge in [-0.05, 0) is 36.2 Å². The number of aryl methyl sites for hydroxylation is 1. The maximum absolute atomic E-state index is 11.9. The second-order valence-corrected chi connectivity index (χ2v) is 8.18. The minimum Gasteiger partial charge on any atom is -0.378 e. The lowest BCUT2D eigenvalue weighted by Gasteiger charge is -2.11. The van der Waals surface area contributed by atoms with Crippen molar-refractivity contribution in [3.05, 3.63) is 42.1 Å². The third-order valence-corrected chi connectivity index (χ3v) is 5.15. The standard InChI is InChI=1S/C18H20N4O3S/c1-5-12-6-7-14(26(4,23)24)11-15(12)18-20-17(21-25-18)16-10-13(22(2)3)8-9-19-16/h6-11H,5H2,1-4H3. The van der Waals surface area contributed by atoms with E-state index in [2.05, 4.69) is 15.1 Å². The average Bonchev–Trinajstić information content (AvgIpc) is 3.10. The fourth-order valence-corrected chi connectivity index (χ4v) is 3.20. The van der Waals surface area contributed by atoms with Crippen LogP contribution in [0.25, 0.3) is 23.0 Å². The normalized spacial score (nSPS) is 11.5. The number of rotatable bonds is 5. The molecule has 0 saturated heterocycles. The number of benzene rings is 1. The van der Waals surface area contributed by atoms with Crippen LogP contribution in [0, 0.1) is 0 Å². The van der Waals surface area contributed by atoms with Gasteiger partial charge in [0.25, 0.3) is 5.89 Å². The zero-order valence-corrected chi connectivity index (χ0v) is 15.9. The molecule has 3 rings (SSSR count). The predicted molar refractivity (Wildman–Crippen MR) is 99.8 cm³/mol. The quantitative estimate of drug-likeness (QED) is 0.680. The number of aromatic nitrogens is 3. The van der Waals surface area contributed by atoms with E-state index in [4.69, 9.17) is 4.52 Å². The molecule has 0 bridgehead atoms. The first-order valence-electron chi connectivity index (χ1n) is 8.10. The molecule has 2 aromatic heterocycles. The molecular weight excluding hydrogens is 352 g/mol. The van der Waals surface area contributed by atoms with Gasteiger partial charge in [0.05, 0.1) is 4.90 Å². The van der Waals surface area contributed by atoms with Gasteiger partial charge in [-0.2, -0.15) is 4.98 Å². The number of pyridine rings is 1. The van der Waals surface area contributed by atoms with Crippen molar-refractivity contribution in [2.24, 2.45) is 0 Å². The van der Waals surface area contributed by atoms with E-state index >= 15 is 0 Å². The van der Waals surface area contributed by atoms with Crippen LogP contribution in [0.2, 0.25) is 0 Å². The molecule has 0 amide bonds. The molecule has 26 heavy (non-hydrogen) atoms. The van der Waals surface area contributed by atoms with Crippen LogP contribution in [0.4, 0.5) is 5.69 Å². The second-order valence-electron chi connectivity index (χ2n) is 6.16. The van der Waals surface area contributed by atoms with E-state index in [1.165, 1.54) is 6.26 Å². The Labute approximate surface area is 152 Å². The second kappa shape index (κ2) is 6.87. The average molecular weight is 372 g/mol. The number of sulfone groups is 1. The molecule has 0 spiro atoms. The molecule has 8 heteroatoms. The lowest BCUT2D eigenvalue weighted by Crippen LogP contribution is -2.08. The molecule has 0 N–H and O–H groups in total. The number of hydrogen-bond donors (Lipinski definition) is 0. The van der Waals surface area contributed by atoms with Gasteiger partial charge in [-0.3, -0.25) is 4.98 Å². The fraction of sp³-hybridized carbons (Fsp3) is 0.278. The Morgan fingerprint density at radius 3 is 2.58 bits per heavy atom. The molecule has 136 valence electrons. The minimum atomic E-state index is -3.33. The van der Waals surface area contributed by atoms with Crippen molar-refractivity contribution in [3.8, 4) is 23.0 Å². The summed E-state index contributed by atoms with van der Waals surface area (Å²) in [5, 5.41) is 4.01.